The van der Waals surface area contributed by atoms with Crippen LogP contribution in [-0.2, 0) is 23.7 Å². The van der Waals surface area contributed by atoms with Crippen molar-refractivity contribution < 1.29 is 9.59 Å². The van der Waals surface area contributed by atoms with Crippen LogP contribution in [0.5, 0.6) is 0 Å². The van der Waals surface area contributed by atoms with Crippen LogP contribution in [0.3, 0.4) is 0 Å². The Bertz CT molecular complexity index is 1200. The van der Waals surface area contributed by atoms with Crippen LogP contribution in [0, 0.1) is 5.41 Å². The van der Waals surface area contributed by atoms with Gasteiger partial charge in [-0.15, -0.1) is 0 Å². The van der Waals surface area contributed by atoms with Gasteiger partial charge in [0, 0.05) is 37.3 Å². The topological polar surface area (TPSA) is 68.1 Å². The van der Waals surface area contributed by atoms with Gasteiger partial charge in [-0.25, -0.2) is 0 Å². The molecule has 2 aromatic heterocycles. The van der Waals surface area contributed by atoms with Crippen molar-refractivity contribution >= 4 is 45.0 Å². The Kier molecular flexibility index (Phi) is 4.17. The first-order valence-corrected chi connectivity index (χ1v) is 10.2. The molecule has 0 unspecified atom stereocenters. The Hall–Kier alpha value is -3.54. The van der Waals surface area contributed by atoms with E-state index in [0.29, 0.717) is 12.8 Å². The molecule has 2 amide bonds. The SMILES string of the molecule is Cn1ccc2cccc(NC(=O)C3(C(=O)Nc4cccc5ccn(C)c45)CCC3)c21. The predicted molar refractivity (Wildman–Crippen MR) is 119 cm³/mol. The first kappa shape index (κ1) is 18.5. The molecule has 152 valence electrons. The number of amides is 2. The molecule has 30 heavy (non-hydrogen) atoms. The van der Waals surface area contributed by atoms with Crippen LogP contribution in [0.15, 0.2) is 60.9 Å². The van der Waals surface area contributed by atoms with E-state index >= 15 is 0 Å². The van der Waals surface area contributed by atoms with Gasteiger partial charge < -0.3 is 19.8 Å². The van der Waals surface area contributed by atoms with Gasteiger partial charge >= 0.3 is 0 Å². The summed E-state index contributed by atoms with van der Waals surface area (Å²) in [5, 5.41) is 8.19. The van der Waals surface area contributed by atoms with E-state index in [0.717, 1.165) is 39.6 Å². The maximum absolute atomic E-state index is 13.3. The van der Waals surface area contributed by atoms with Gasteiger partial charge in [0.1, 0.15) is 5.41 Å². The normalized spacial score (nSPS) is 15.1. The maximum Gasteiger partial charge on any atom is 0.240 e. The maximum atomic E-state index is 13.3. The third-order valence-corrected chi connectivity index (χ3v) is 6.37. The van der Waals surface area contributed by atoms with Crippen LogP contribution in [-0.4, -0.2) is 20.9 Å². The number of para-hydroxylation sites is 2. The van der Waals surface area contributed by atoms with E-state index in [1.165, 1.54) is 0 Å². The third kappa shape index (κ3) is 2.71. The molecule has 1 aliphatic carbocycles. The smallest absolute Gasteiger partial charge is 0.240 e. The molecule has 1 fully saturated rings. The predicted octanol–water partition coefficient (Wildman–Crippen LogP) is 4.42. The van der Waals surface area contributed by atoms with Gasteiger partial charge in [0.15, 0.2) is 0 Å². The van der Waals surface area contributed by atoms with E-state index < -0.39 is 5.41 Å². The number of anilines is 2. The first-order valence-electron chi connectivity index (χ1n) is 10.2. The number of aromatic nitrogens is 2. The Morgan fingerprint density at radius 2 is 1.23 bits per heavy atom. The molecule has 0 atom stereocenters. The zero-order chi connectivity index (χ0) is 20.9. The lowest BCUT2D eigenvalue weighted by Gasteiger charge is -2.38. The summed E-state index contributed by atoms with van der Waals surface area (Å²) in [5.41, 5.74) is 2.33. The number of hydrogen-bond acceptors (Lipinski definition) is 2. The van der Waals surface area contributed by atoms with E-state index in [1.54, 1.807) is 0 Å². The summed E-state index contributed by atoms with van der Waals surface area (Å²) in [5.74, 6) is -0.474. The van der Waals surface area contributed by atoms with Crippen molar-refractivity contribution in [2.45, 2.75) is 19.3 Å². The fraction of sp³-hybridized carbons (Fsp3) is 0.250. The van der Waals surface area contributed by atoms with Crippen molar-refractivity contribution in [1.82, 2.24) is 9.13 Å². The molecule has 2 N–H and O–H groups in total. The summed E-state index contributed by atoms with van der Waals surface area (Å²) in [7, 11) is 3.90. The minimum atomic E-state index is -1.04. The molecule has 0 aliphatic heterocycles. The van der Waals surface area contributed by atoms with E-state index in [9.17, 15) is 9.59 Å². The van der Waals surface area contributed by atoms with Crippen LogP contribution < -0.4 is 10.6 Å². The zero-order valence-electron chi connectivity index (χ0n) is 17.1. The lowest BCUT2D eigenvalue weighted by atomic mass is 9.67. The monoisotopic (exact) mass is 400 g/mol. The fourth-order valence-electron chi connectivity index (χ4n) is 4.49. The lowest BCUT2D eigenvalue weighted by molar-refractivity contribution is -0.142. The van der Waals surface area contributed by atoms with Crippen LogP contribution in [0.1, 0.15) is 19.3 Å². The average molecular weight is 400 g/mol. The second kappa shape index (κ2) is 6.76. The minimum absolute atomic E-state index is 0.237. The molecule has 6 heteroatoms. The highest BCUT2D eigenvalue weighted by atomic mass is 16.2. The summed E-state index contributed by atoms with van der Waals surface area (Å²) < 4.78 is 3.96. The van der Waals surface area contributed by atoms with E-state index in [1.807, 2.05) is 84.2 Å². The van der Waals surface area contributed by atoms with Gasteiger partial charge in [0.05, 0.1) is 22.4 Å². The Balaban J connectivity index is 1.44. The van der Waals surface area contributed by atoms with Gasteiger partial charge in [0.2, 0.25) is 11.8 Å². The molecule has 4 aromatic rings. The average Bonchev–Trinajstić information content (AvgIpc) is 3.25. The molecular weight excluding hydrogens is 376 g/mol. The van der Waals surface area contributed by atoms with Gasteiger partial charge in [-0.2, -0.15) is 0 Å². The van der Waals surface area contributed by atoms with Crippen molar-refractivity contribution in [3.05, 3.63) is 60.9 Å². The van der Waals surface area contributed by atoms with Gasteiger partial charge in [0.25, 0.3) is 0 Å². The number of fused-ring (bicyclic) bond motifs is 2. The molecule has 0 bridgehead atoms. The van der Waals surface area contributed by atoms with E-state index in [-0.39, 0.29) is 11.8 Å². The number of aryl methyl sites for hydroxylation is 2. The Labute approximate surface area is 174 Å². The number of nitrogens with zero attached hydrogens (tertiary/aromatic N) is 2. The number of rotatable bonds is 4. The van der Waals surface area contributed by atoms with E-state index in [4.69, 9.17) is 0 Å². The molecule has 2 heterocycles. The molecule has 2 aromatic carbocycles. The van der Waals surface area contributed by atoms with Gasteiger partial charge in [-0.1, -0.05) is 30.7 Å². The van der Waals surface area contributed by atoms with Crippen LogP contribution in [0.2, 0.25) is 0 Å². The minimum Gasteiger partial charge on any atom is -0.349 e. The van der Waals surface area contributed by atoms with Crippen molar-refractivity contribution in [1.29, 1.82) is 0 Å². The highest BCUT2D eigenvalue weighted by Gasteiger charge is 2.51. The molecule has 0 radical (unpaired) electrons. The number of hydrogen-bond donors (Lipinski definition) is 2. The molecule has 1 aliphatic rings. The summed E-state index contributed by atoms with van der Waals surface area (Å²) in [4.78, 5) is 26.6. The molecule has 5 rings (SSSR count). The number of nitrogens with one attached hydrogen (secondary N) is 2. The van der Waals surface area contributed by atoms with Crippen molar-refractivity contribution in [3.8, 4) is 0 Å². The molecule has 1 saturated carbocycles. The fourth-order valence-corrected chi connectivity index (χ4v) is 4.49. The summed E-state index contributed by atoms with van der Waals surface area (Å²) in [6, 6.07) is 15.6. The Morgan fingerprint density at radius 1 is 0.767 bits per heavy atom. The highest BCUT2D eigenvalue weighted by Crippen LogP contribution is 2.43. The highest BCUT2D eigenvalue weighted by molar-refractivity contribution is 6.17. The number of carbonyl (C=O) groups is 2. The molecular formula is C24H24N4O2. The van der Waals surface area contributed by atoms with Gasteiger partial charge in [-0.3, -0.25) is 9.59 Å². The zero-order valence-corrected chi connectivity index (χ0v) is 17.1. The lowest BCUT2D eigenvalue weighted by Crippen LogP contribution is -2.51. The van der Waals surface area contributed by atoms with Crippen LogP contribution >= 0.6 is 0 Å². The van der Waals surface area contributed by atoms with Crippen LogP contribution in [0.25, 0.3) is 21.8 Å². The van der Waals surface area contributed by atoms with Crippen molar-refractivity contribution in [3.63, 3.8) is 0 Å². The first-order chi connectivity index (χ1) is 14.5. The van der Waals surface area contributed by atoms with Crippen molar-refractivity contribution in [2.75, 3.05) is 10.6 Å². The Morgan fingerprint density at radius 3 is 1.63 bits per heavy atom. The number of benzene rings is 2. The second-order valence-corrected chi connectivity index (χ2v) is 8.18. The molecule has 0 spiro atoms. The summed E-state index contributed by atoms with van der Waals surface area (Å²) in [6.45, 7) is 0. The standard InChI is InChI=1S/C24H24N4O2/c1-27-14-10-16-6-3-8-18(20(16)27)25-22(29)24(12-5-13-24)23(30)26-19-9-4-7-17-11-15-28(2)21(17)19/h3-4,6-11,14-15H,5,12-13H2,1-2H3,(H,25,29)(H,26,30). The summed E-state index contributed by atoms with van der Waals surface area (Å²) >= 11 is 0. The van der Waals surface area contributed by atoms with Crippen LogP contribution in [0.4, 0.5) is 11.4 Å². The van der Waals surface area contributed by atoms with E-state index in [2.05, 4.69) is 10.6 Å². The molecule has 6 nitrogen and oxygen atoms in total. The quantitative estimate of drug-likeness (QED) is 0.498. The summed E-state index contributed by atoms with van der Waals surface area (Å²) in [6.07, 6.45) is 5.90. The number of carbonyl (C=O) groups excluding carboxylic acids is 2. The second-order valence-electron chi connectivity index (χ2n) is 8.18. The van der Waals surface area contributed by atoms with Gasteiger partial charge in [-0.05, 0) is 37.1 Å². The molecule has 0 saturated heterocycles. The largest absolute Gasteiger partial charge is 0.349 e. The van der Waals surface area contributed by atoms with Crippen molar-refractivity contribution in [2.24, 2.45) is 19.5 Å². The third-order valence-electron chi connectivity index (χ3n) is 6.37.